The van der Waals surface area contributed by atoms with Crippen LogP contribution >= 0.6 is 0 Å². The van der Waals surface area contributed by atoms with Gasteiger partial charge < -0.3 is 5.32 Å². The van der Waals surface area contributed by atoms with E-state index in [1.807, 2.05) is 19.2 Å². The molecule has 2 aromatic rings. The number of benzene rings is 1. The zero-order valence-electron chi connectivity index (χ0n) is 9.94. The summed E-state index contributed by atoms with van der Waals surface area (Å²) in [6.07, 6.45) is 3.48. The van der Waals surface area contributed by atoms with Crippen molar-refractivity contribution in [1.82, 2.24) is 15.3 Å². The van der Waals surface area contributed by atoms with Gasteiger partial charge in [0.2, 0.25) is 0 Å². The Bertz CT molecular complexity index is 474. The summed E-state index contributed by atoms with van der Waals surface area (Å²) < 4.78 is 0. The zero-order chi connectivity index (χ0) is 11.5. The first-order valence-electron chi connectivity index (χ1n) is 5.61. The number of nitrogens with one attached hydrogen (secondary N) is 1. The number of rotatable bonds is 3. The van der Waals surface area contributed by atoms with Gasteiger partial charge in [-0.15, -0.1) is 0 Å². The highest BCUT2D eigenvalue weighted by Crippen LogP contribution is 2.26. The zero-order valence-corrected chi connectivity index (χ0v) is 9.94. The van der Waals surface area contributed by atoms with E-state index in [0.717, 1.165) is 11.0 Å². The smallest absolute Gasteiger partial charge is 0.0934 e. The molecule has 1 heterocycles. The predicted molar refractivity (Wildman–Crippen MR) is 66.2 cm³/mol. The molecule has 0 aliphatic carbocycles. The Morgan fingerprint density at radius 1 is 1.12 bits per heavy atom. The first kappa shape index (κ1) is 11.0. The number of hydrogen-bond acceptors (Lipinski definition) is 3. The third-order valence-corrected chi connectivity index (χ3v) is 2.84. The average Bonchev–Trinajstić information content (AvgIpc) is 2.30. The van der Waals surface area contributed by atoms with E-state index in [9.17, 15) is 0 Å². The SMILES string of the molecule is CNC(c1cccc2nccnc12)C(C)C. The van der Waals surface area contributed by atoms with Crippen LogP contribution in [0.2, 0.25) is 0 Å². The maximum absolute atomic E-state index is 4.43. The molecule has 3 nitrogen and oxygen atoms in total. The van der Waals surface area contributed by atoms with Crippen LogP contribution in [0.1, 0.15) is 25.5 Å². The molecule has 0 spiro atoms. The Balaban J connectivity index is 2.59. The number of aromatic nitrogens is 2. The van der Waals surface area contributed by atoms with Crippen LogP contribution < -0.4 is 5.32 Å². The van der Waals surface area contributed by atoms with E-state index in [1.165, 1.54) is 5.56 Å². The third-order valence-electron chi connectivity index (χ3n) is 2.84. The Morgan fingerprint density at radius 2 is 1.88 bits per heavy atom. The lowest BCUT2D eigenvalue weighted by Gasteiger charge is -2.21. The van der Waals surface area contributed by atoms with Crippen molar-refractivity contribution in [3.8, 4) is 0 Å². The lowest BCUT2D eigenvalue weighted by molar-refractivity contribution is 0.445. The van der Waals surface area contributed by atoms with Gasteiger partial charge in [0.15, 0.2) is 0 Å². The van der Waals surface area contributed by atoms with Crippen molar-refractivity contribution in [2.24, 2.45) is 5.92 Å². The quantitative estimate of drug-likeness (QED) is 0.855. The Labute approximate surface area is 95.9 Å². The molecule has 0 fully saturated rings. The van der Waals surface area contributed by atoms with E-state index in [4.69, 9.17) is 0 Å². The highest BCUT2D eigenvalue weighted by atomic mass is 14.9. The molecule has 1 atom stereocenters. The van der Waals surface area contributed by atoms with Crippen LogP contribution in [0.5, 0.6) is 0 Å². The molecule has 0 bridgehead atoms. The third kappa shape index (κ3) is 1.91. The van der Waals surface area contributed by atoms with Crippen molar-refractivity contribution in [2.75, 3.05) is 7.05 Å². The summed E-state index contributed by atoms with van der Waals surface area (Å²) in [4.78, 5) is 8.76. The molecule has 0 saturated carbocycles. The molecule has 3 heteroatoms. The summed E-state index contributed by atoms with van der Waals surface area (Å²) in [6, 6.07) is 6.48. The number of nitrogens with zero attached hydrogens (tertiary/aromatic N) is 2. The minimum absolute atomic E-state index is 0.320. The maximum atomic E-state index is 4.43. The van der Waals surface area contributed by atoms with E-state index in [-0.39, 0.29) is 0 Å². The van der Waals surface area contributed by atoms with E-state index in [2.05, 4.69) is 35.2 Å². The molecule has 0 radical (unpaired) electrons. The second kappa shape index (κ2) is 4.58. The summed E-state index contributed by atoms with van der Waals surface area (Å²) >= 11 is 0. The van der Waals surface area contributed by atoms with E-state index >= 15 is 0 Å². The molecular formula is C13H17N3. The van der Waals surface area contributed by atoms with Crippen molar-refractivity contribution in [3.05, 3.63) is 36.2 Å². The Morgan fingerprint density at radius 3 is 2.56 bits per heavy atom. The summed E-state index contributed by atoms with van der Waals surface area (Å²) in [7, 11) is 1.99. The normalized spacial score (nSPS) is 13.2. The minimum atomic E-state index is 0.320. The van der Waals surface area contributed by atoms with E-state index in [1.54, 1.807) is 12.4 Å². The summed E-state index contributed by atoms with van der Waals surface area (Å²) in [5.41, 5.74) is 3.18. The van der Waals surface area contributed by atoms with Gasteiger partial charge >= 0.3 is 0 Å². The van der Waals surface area contributed by atoms with Crippen LogP contribution in [-0.4, -0.2) is 17.0 Å². The topological polar surface area (TPSA) is 37.8 Å². The van der Waals surface area contributed by atoms with Gasteiger partial charge in [0, 0.05) is 18.4 Å². The van der Waals surface area contributed by atoms with Crippen LogP contribution in [-0.2, 0) is 0 Å². The monoisotopic (exact) mass is 215 g/mol. The molecule has 0 amide bonds. The molecule has 0 aliphatic heterocycles. The lowest BCUT2D eigenvalue weighted by atomic mass is 9.95. The Hall–Kier alpha value is -1.48. The van der Waals surface area contributed by atoms with Gasteiger partial charge in [-0.05, 0) is 24.6 Å². The summed E-state index contributed by atoms with van der Waals surface area (Å²) in [5.74, 6) is 0.526. The van der Waals surface area contributed by atoms with Crippen molar-refractivity contribution in [3.63, 3.8) is 0 Å². The number of para-hydroxylation sites is 1. The van der Waals surface area contributed by atoms with Gasteiger partial charge in [0.1, 0.15) is 0 Å². The second-order valence-corrected chi connectivity index (χ2v) is 4.28. The van der Waals surface area contributed by atoms with Gasteiger partial charge in [0.05, 0.1) is 11.0 Å². The van der Waals surface area contributed by atoms with Gasteiger partial charge in [0.25, 0.3) is 0 Å². The van der Waals surface area contributed by atoms with Crippen molar-refractivity contribution in [1.29, 1.82) is 0 Å². The van der Waals surface area contributed by atoms with Gasteiger partial charge in [-0.3, -0.25) is 9.97 Å². The van der Waals surface area contributed by atoms with Crippen LogP contribution in [0.25, 0.3) is 11.0 Å². The van der Waals surface area contributed by atoms with Crippen molar-refractivity contribution >= 4 is 11.0 Å². The van der Waals surface area contributed by atoms with Crippen molar-refractivity contribution < 1.29 is 0 Å². The van der Waals surface area contributed by atoms with Crippen LogP contribution in [0, 0.1) is 5.92 Å². The molecular weight excluding hydrogens is 198 g/mol. The molecule has 0 aliphatic rings. The largest absolute Gasteiger partial charge is 0.313 e. The lowest BCUT2D eigenvalue weighted by Crippen LogP contribution is -2.22. The average molecular weight is 215 g/mol. The van der Waals surface area contributed by atoms with E-state index < -0.39 is 0 Å². The second-order valence-electron chi connectivity index (χ2n) is 4.28. The fourth-order valence-electron chi connectivity index (χ4n) is 2.11. The molecule has 1 N–H and O–H groups in total. The van der Waals surface area contributed by atoms with Crippen LogP contribution in [0.15, 0.2) is 30.6 Å². The fraction of sp³-hybridized carbons (Fsp3) is 0.385. The maximum Gasteiger partial charge on any atom is 0.0934 e. The first-order chi connectivity index (χ1) is 7.74. The van der Waals surface area contributed by atoms with Crippen LogP contribution in [0.4, 0.5) is 0 Å². The molecule has 84 valence electrons. The standard InChI is InChI=1S/C13H17N3/c1-9(2)12(14-3)10-5-4-6-11-13(10)16-8-7-15-11/h4-9,12,14H,1-3H3. The summed E-state index contributed by atoms with van der Waals surface area (Å²) in [5, 5.41) is 3.34. The van der Waals surface area contributed by atoms with Crippen molar-refractivity contribution in [2.45, 2.75) is 19.9 Å². The van der Waals surface area contributed by atoms with Gasteiger partial charge in [-0.2, -0.15) is 0 Å². The Kier molecular flexibility index (Phi) is 3.15. The minimum Gasteiger partial charge on any atom is -0.313 e. The van der Waals surface area contributed by atoms with Crippen LogP contribution in [0.3, 0.4) is 0 Å². The summed E-state index contributed by atoms with van der Waals surface area (Å²) in [6.45, 7) is 4.41. The van der Waals surface area contributed by atoms with Gasteiger partial charge in [-0.1, -0.05) is 26.0 Å². The number of fused-ring (bicyclic) bond motifs is 1. The molecule has 2 rings (SSSR count). The highest BCUT2D eigenvalue weighted by Gasteiger charge is 2.16. The van der Waals surface area contributed by atoms with Gasteiger partial charge in [-0.25, -0.2) is 0 Å². The molecule has 0 saturated heterocycles. The predicted octanol–water partition coefficient (Wildman–Crippen LogP) is 2.55. The highest BCUT2D eigenvalue weighted by molar-refractivity contribution is 5.78. The van der Waals surface area contributed by atoms with E-state index in [0.29, 0.717) is 12.0 Å². The first-order valence-corrected chi connectivity index (χ1v) is 5.61. The molecule has 16 heavy (non-hydrogen) atoms. The fourth-order valence-corrected chi connectivity index (χ4v) is 2.11. The number of hydrogen-bond donors (Lipinski definition) is 1. The molecule has 1 unspecified atom stereocenters. The molecule has 1 aromatic carbocycles. The molecule has 1 aromatic heterocycles.